The molecule has 1 aromatic carbocycles. The molecule has 0 bridgehead atoms. The second-order valence-electron chi connectivity index (χ2n) is 6.67. The standard InChI is InChI=1S/C20H25N3O2/c1-15(6-7-16-8-10-18(24)11-9-16)22-19-5-3-13-23(20(19)25)17-4-2-12-21-14-17/h2,4,8-12,14-15,19,22,24H,3,5-7,13H2,1H3/t15-,19+/m1/s1. The molecule has 5 heteroatoms. The predicted octanol–water partition coefficient (Wildman–Crippen LogP) is 2.89. The lowest BCUT2D eigenvalue weighted by Gasteiger charge is -2.34. The summed E-state index contributed by atoms with van der Waals surface area (Å²) >= 11 is 0. The SMILES string of the molecule is C[C@H](CCc1ccc(O)cc1)N[C@H]1CCCN(c2cccnc2)C1=O. The number of nitrogens with one attached hydrogen (secondary N) is 1. The number of pyridine rings is 1. The number of hydrogen-bond donors (Lipinski definition) is 2. The Kier molecular flexibility index (Phi) is 5.66. The van der Waals surface area contributed by atoms with Crippen LogP contribution in [0.15, 0.2) is 48.8 Å². The zero-order valence-electron chi connectivity index (χ0n) is 14.6. The van der Waals surface area contributed by atoms with Gasteiger partial charge < -0.3 is 15.3 Å². The summed E-state index contributed by atoms with van der Waals surface area (Å²) in [6.45, 7) is 2.88. The smallest absolute Gasteiger partial charge is 0.244 e. The number of anilines is 1. The van der Waals surface area contributed by atoms with Gasteiger partial charge in [0.05, 0.1) is 17.9 Å². The number of aromatic nitrogens is 1. The summed E-state index contributed by atoms with van der Waals surface area (Å²) in [7, 11) is 0. The molecule has 3 rings (SSSR count). The van der Waals surface area contributed by atoms with Crippen molar-refractivity contribution in [2.24, 2.45) is 0 Å². The number of phenols is 1. The van der Waals surface area contributed by atoms with Gasteiger partial charge in [0.1, 0.15) is 5.75 Å². The van der Waals surface area contributed by atoms with Crippen LogP contribution in [0.5, 0.6) is 5.75 Å². The third kappa shape index (κ3) is 4.57. The first-order chi connectivity index (χ1) is 12.1. The van der Waals surface area contributed by atoms with Crippen molar-refractivity contribution in [1.82, 2.24) is 10.3 Å². The van der Waals surface area contributed by atoms with E-state index in [4.69, 9.17) is 0 Å². The van der Waals surface area contributed by atoms with Gasteiger partial charge in [-0.2, -0.15) is 0 Å². The Hall–Kier alpha value is -2.40. The molecule has 1 saturated heterocycles. The molecule has 132 valence electrons. The molecule has 0 aliphatic carbocycles. The Bertz CT molecular complexity index is 688. The minimum absolute atomic E-state index is 0.135. The second-order valence-corrected chi connectivity index (χ2v) is 6.67. The summed E-state index contributed by atoms with van der Waals surface area (Å²) in [5, 5.41) is 12.8. The number of phenolic OH excluding ortho intramolecular Hbond substituents is 1. The van der Waals surface area contributed by atoms with Crippen LogP contribution in [0, 0.1) is 0 Å². The summed E-state index contributed by atoms with van der Waals surface area (Å²) in [6.07, 6.45) is 7.19. The van der Waals surface area contributed by atoms with Gasteiger partial charge in [-0.3, -0.25) is 9.78 Å². The third-order valence-electron chi connectivity index (χ3n) is 4.68. The van der Waals surface area contributed by atoms with Crippen molar-refractivity contribution in [2.75, 3.05) is 11.4 Å². The molecular weight excluding hydrogens is 314 g/mol. The molecule has 2 N–H and O–H groups in total. The molecule has 1 fully saturated rings. The molecule has 1 amide bonds. The van der Waals surface area contributed by atoms with Gasteiger partial charge in [-0.15, -0.1) is 0 Å². The Morgan fingerprint density at radius 3 is 2.84 bits per heavy atom. The topological polar surface area (TPSA) is 65.5 Å². The van der Waals surface area contributed by atoms with Crippen LogP contribution in [0.4, 0.5) is 5.69 Å². The summed E-state index contributed by atoms with van der Waals surface area (Å²) in [4.78, 5) is 18.7. The third-order valence-corrected chi connectivity index (χ3v) is 4.68. The molecular formula is C20H25N3O2. The number of carbonyl (C=O) groups excluding carboxylic acids is 1. The first kappa shape index (κ1) is 17.4. The van der Waals surface area contributed by atoms with Gasteiger partial charge in [0.25, 0.3) is 0 Å². The largest absolute Gasteiger partial charge is 0.508 e. The molecule has 0 spiro atoms. The fourth-order valence-electron chi connectivity index (χ4n) is 3.27. The fraction of sp³-hybridized carbons (Fsp3) is 0.400. The molecule has 2 heterocycles. The molecule has 2 atom stereocenters. The Morgan fingerprint density at radius 1 is 1.32 bits per heavy atom. The lowest BCUT2D eigenvalue weighted by Crippen LogP contribution is -2.53. The van der Waals surface area contributed by atoms with Crippen molar-refractivity contribution in [3.63, 3.8) is 0 Å². The quantitative estimate of drug-likeness (QED) is 0.849. The van der Waals surface area contributed by atoms with E-state index in [0.717, 1.165) is 37.9 Å². The highest BCUT2D eigenvalue weighted by molar-refractivity contribution is 5.97. The molecule has 0 unspecified atom stereocenters. The van der Waals surface area contributed by atoms with E-state index < -0.39 is 0 Å². The van der Waals surface area contributed by atoms with Gasteiger partial charge >= 0.3 is 0 Å². The molecule has 5 nitrogen and oxygen atoms in total. The molecule has 2 aromatic rings. The minimum atomic E-state index is -0.135. The number of amides is 1. The highest BCUT2D eigenvalue weighted by Gasteiger charge is 2.30. The lowest BCUT2D eigenvalue weighted by atomic mass is 10.0. The molecule has 25 heavy (non-hydrogen) atoms. The van der Waals surface area contributed by atoms with Crippen molar-refractivity contribution >= 4 is 11.6 Å². The fourth-order valence-corrected chi connectivity index (χ4v) is 3.27. The number of rotatable bonds is 6. The summed E-state index contributed by atoms with van der Waals surface area (Å²) < 4.78 is 0. The van der Waals surface area contributed by atoms with Gasteiger partial charge in [0.15, 0.2) is 0 Å². The van der Waals surface area contributed by atoms with Crippen LogP contribution in [0.3, 0.4) is 0 Å². The molecule has 0 saturated carbocycles. The Labute approximate surface area is 148 Å². The summed E-state index contributed by atoms with van der Waals surface area (Å²) in [6, 6.07) is 11.2. The Morgan fingerprint density at radius 2 is 2.12 bits per heavy atom. The predicted molar refractivity (Wildman–Crippen MR) is 98.6 cm³/mol. The van der Waals surface area contributed by atoms with Crippen LogP contribution in [-0.2, 0) is 11.2 Å². The zero-order valence-corrected chi connectivity index (χ0v) is 14.6. The van der Waals surface area contributed by atoms with Gasteiger partial charge in [-0.05, 0) is 62.4 Å². The van der Waals surface area contributed by atoms with E-state index in [0.29, 0.717) is 5.75 Å². The van der Waals surface area contributed by atoms with E-state index in [2.05, 4.69) is 17.2 Å². The van der Waals surface area contributed by atoms with E-state index in [1.807, 2.05) is 29.2 Å². The first-order valence-electron chi connectivity index (χ1n) is 8.89. The monoisotopic (exact) mass is 339 g/mol. The van der Waals surface area contributed by atoms with Gasteiger partial charge in [0, 0.05) is 18.8 Å². The van der Waals surface area contributed by atoms with Gasteiger partial charge in [0.2, 0.25) is 5.91 Å². The zero-order chi connectivity index (χ0) is 17.6. The van der Waals surface area contributed by atoms with E-state index in [9.17, 15) is 9.90 Å². The number of carbonyl (C=O) groups is 1. The molecule has 1 aromatic heterocycles. The minimum Gasteiger partial charge on any atom is -0.508 e. The number of piperidine rings is 1. The van der Waals surface area contributed by atoms with E-state index in [1.54, 1.807) is 24.5 Å². The van der Waals surface area contributed by atoms with Gasteiger partial charge in [-0.1, -0.05) is 12.1 Å². The number of aryl methyl sites for hydroxylation is 1. The van der Waals surface area contributed by atoms with Crippen LogP contribution in [0.2, 0.25) is 0 Å². The maximum absolute atomic E-state index is 12.8. The van der Waals surface area contributed by atoms with E-state index in [1.165, 1.54) is 5.56 Å². The number of hydrogen-bond acceptors (Lipinski definition) is 4. The Balaban J connectivity index is 1.54. The van der Waals surface area contributed by atoms with Crippen LogP contribution in [0.1, 0.15) is 31.7 Å². The highest BCUT2D eigenvalue weighted by Crippen LogP contribution is 2.20. The maximum atomic E-state index is 12.8. The van der Waals surface area contributed by atoms with Crippen LogP contribution in [-0.4, -0.2) is 34.6 Å². The van der Waals surface area contributed by atoms with Crippen LogP contribution < -0.4 is 10.2 Å². The molecule has 0 radical (unpaired) electrons. The first-order valence-corrected chi connectivity index (χ1v) is 8.89. The lowest BCUT2D eigenvalue weighted by molar-refractivity contribution is -0.122. The number of aromatic hydroxyl groups is 1. The number of benzene rings is 1. The normalized spacial score (nSPS) is 19.0. The molecule has 1 aliphatic heterocycles. The van der Waals surface area contributed by atoms with Crippen molar-refractivity contribution in [3.8, 4) is 5.75 Å². The number of nitrogens with zero attached hydrogens (tertiary/aromatic N) is 2. The van der Waals surface area contributed by atoms with Crippen LogP contribution >= 0.6 is 0 Å². The van der Waals surface area contributed by atoms with Crippen molar-refractivity contribution < 1.29 is 9.90 Å². The average molecular weight is 339 g/mol. The van der Waals surface area contributed by atoms with E-state index in [-0.39, 0.29) is 18.0 Å². The average Bonchev–Trinajstić information content (AvgIpc) is 2.64. The van der Waals surface area contributed by atoms with E-state index >= 15 is 0 Å². The highest BCUT2D eigenvalue weighted by atomic mass is 16.3. The van der Waals surface area contributed by atoms with Crippen LogP contribution in [0.25, 0.3) is 0 Å². The van der Waals surface area contributed by atoms with Gasteiger partial charge in [-0.25, -0.2) is 0 Å². The van der Waals surface area contributed by atoms with Crippen molar-refractivity contribution in [2.45, 2.75) is 44.7 Å². The summed E-state index contributed by atoms with van der Waals surface area (Å²) in [5.41, 5.74) is 2.06. The van der Waals surface area contributed by atoms with Crippen molar-refractivity contribution in [1.29, 1.82) is 0 Å². The summed E-state index contributed by atoms with van der Waals surface area (Å²) in [5.74, 6) is 0.425. The maximum Gasteiger partial charge on any atom is 0.244 e. The molecule has 1 aliphatic rings. The van der Waals surface area contributed by atoms with Crippen molar-refractivity contribution in [3.05, 3.63) is 54.4 Å². The second kappa shape index (κ2) is 8.12.